The molecule has 0 bridgehead atoms. The van der Waals surface area contributed by atoms with E-state index < -0.39 is 6.10 Å². The molecule has 1 fully saturated rings. The number of aryl methyl sites for hydroxylation is 2. The zero-order chi connectivity index (χ0) is 23.7. The molecule has 4 aromatic rings. The van der Waals surface area contributed by atoms with Gasteiger partial charge in [-0.3, -0.25) is 4.79 Å². The highest BCUT2D eigenvalue weighted by atomic mass is 16.3. The van der Waals surface area contributed by atoms with Crippen molar-refractivity contribution in [3.05, 3.63) is 42.7 Å². The Balaban J connectivity index is 1.20. The van der Waals surface area contributed by atoms with E-state index in [1.165, 1.54) is 6.33 Å². The van der Waals surface area contributed by atoms with Crippen LogP contribution in [0.1, 0.15) is 50.9 Å². The van der Waals surface area contributed by atoms with E-state index in [4.69, 9.17) is 10.7 Å². The van der Waals surface area contributed by atoms with Crippen molar-refractivity contribution in [2.45, 2.75) is 70.2 Å². The number of aromatic nitrogens is 6. The Labute approximate surface area is 197 Å². The van der Waals surface area contributed by atoms with E-state index in [0.29, 0.717) is 29.8 Å². The number of hydrogen-bond acceptors (Lipinski definition) is 7. The van der Waals surface area contributed by atoms with Gasteiger partial charge in [0.15, 0.2) is 11.5 Å². The number of nitrogens with zero attached hydrogens (tertiary/aromatic N) is 6. The van der Waals surface area contributed by atoms with Crippen molar-refractivity contribution in [1.82, 2.24) is 34.4 Å². The fraction of sp³-hybridized carbons (Fsp3) is 0.458. The Morgan fingerprint density at radius 3 is 2.94 bits per heavy atom. The smallest absolute Gasteiger partial charge is 0.220 e. The van der Waals surface area contributed by atoms with Gasteiger partial charge in [0, 0.05) is 19.4 Å². The molecule has 0 saturated heterocycles. The number of carbonyl (C=O) groups excluding carboxylic acids is 1. The normalized spacial score (nSPS) is 20.7. The van der Waals surface area contributed by atoms with Crippen molar-refractivity contribution in [2.24, 2.45) is 0 Å². The summed E-state index contributed by atoms with van der Waals surface area (Å²) in [5.74, 6) is 1.27. The number of nitrogens with one attached hydrogen (secondary N) is 1. The highest BCUT2D eigenvalue weighted by Crippen LogP contribution is 2.31. The minimum Gasteiger partial charge on any atom is -0.389 e. The molecule has 5 rings (SSSR count). The Kier molecular flexibility index (Phi) is 6.14. The molecule has 34 heavy (non-hydrogen) atoms. The van der Waals surface area contributed by atoms with E-state index in [9.17, 15) is 9.90 Å². The van der Waals surface area contributed by atoms with Gasteiger partial charge >= 0.3 is 0 Å². The van der Waals surface area contributed by atoms with Crippen LogP contribution < -0.4 is 11.1 Å². The standard InChI is InChI=1S/C24H30N8O2/c1-2-31-17-9-4-3-7-15(17)29-19(31)11-6-12-20(33)30-16-8-5-10-18(22(16)34)32-14-28-21-23(25)26-13-27-24(21)32/h3-4,7,9,13-14,16,18,22,34H,2,5-6,8,10-12H2,1H3,(H,30,33)(H2,25,26,27)/t16-,18-,22-/m0/s1. The van der Waals surface area contributed by atoms with Crippen molar-refractivity contribution >= 4 is 33.9 Å². The maximum atomic E-state index is 12.7. The van der Waals surface area contributed by atoms with Crippen molar-refractivity contribution in [3.8, 4) is 0 Å². The highest BCUT2D eigenvalue weighted by molar-refractivity contribution is 5.81. The van der Waals surface area contributed by atoms with Gasteiger partial charge in [-0.25, -0.2) is 19.9 Å². The number of nitrogens with two attached hydrogens (primary N) is 1. The number of imidazole rings is 2. The number of carbonyl (C=O) groups is 1. The monoisotopic (exact) mass is 462 g/mol. The summed E-state index contributed by atoms with van der Waals surface area (Å²) in [4.78, 5) is 30.1. The van der Waals surface area contributed by atoms with Crippen LogP contribution in [-0.2, 0) is 17.8 Å². The first kappa shape index (κ1) is 22.3. The molecule has 178 valence electrons. The first-order valence-electron chi connectivity index (χ1n) is 11.9. The predicted octanol–water partition coefficient (Wildman–Crippen LogP) is 2.37. The number of aliphatic hydroxyl groups excluding tert-OH is 1. The average molecular weight is 463 g/mol. The summed E-state index contributed by atoms with van der Waals surface area (Å²) in [6, 6.07) is 7.55. The summed E-state index contributed by atoms with van der Waals surface area (Å²) in [7, 11) is 0. The van der Waals surface area contributed by atoms with Crippen LogP contribution in [0.25, 0.3) is 22.2 Å². The molecule has 1 aliphatic rings. The maximum Gasteiger partial charge on any atom is 0.220 e. The first-order valence-corrected chi connectivity index (χ1v) is 11.9. The third-order valence-electron chi connectivity index (χ3n) is 6.77. The lowest BCUT2D eigenvalue weighted by Gasteiger charge is -2.36. The molecule has 0 radical (unpaired) electrons. The lowest BCUT2D eigenvalue weighted by Crippen LogP contribution is -2.49. The molecule has 1 saturated carbocycles. The highest BCUT2D eigenvalue weighted by Gasteiger charge is 2.34. The molecule has 0 unspecified atom stereocenters. The van der Waals surface area contributed by atoms with Gasteiger partial charge in [-0.1, -0.05) is 12.1 Å². The Bertz CT molecular complexity index is 1310. The number of rotatable bonds is 7. The second-order valence-electron chi connectivity index (χ2n) is 8.86. The van der Waals surface area contributed by atoms with Gasteiger partial charge in [0.1, 0.15) is 17.7 Å². The van der Waals surface area contributed by atoms with Crippen LogP contribution in [0.4, 0.5) is 5.82 Å². The minimum absolute atomic E-state index is 0.0501. The number of amides is 1. The van der Waals surface area contributed by atoms with Crippen LogP contribution in [0, 0.1) is 0 Å². The van der Waals surface area contributed by atoms with Gasteiger partial charge in [-0.15, -0.1) is 0 Å². The topological polar surface area (TPSA) is 137 Å². The molecule has 1 amide bonds. The van der Waals surface area contributed by atoms with Gasteiger partial charge in [0.05, 0.1) is 35.5 Å². The molecule has 3 aromatic heterocycles. The van der Waals surface area contributed by atoms with Crippen LogP contribution >= 0.6 is 0 Å². The fourth-order valence-corrected chi connectivity index (χ4v) is 5.09. The molecular formula is C24H30N8O2. The van der Waals surface area contributed by atoms with Gasteiger partial charge in [-0.05, 0) is 44.7 Å². The number of aliphatic hydroxyl groups is 1. The number of benzene rings is 1. The van der Waals surface area contributed by atoms with Gasteiger partial charge in [-0.2, -0.15) is 0 Å². The van der Waals surface area contributed by atoms with Crippen LogP contribution in [0.2, 0.25) is 0 Å². The maximum absolute atomic E-state index is 12.7. The number of hydrogen-bond donors (Lipinski definition) is 3. The Morgan fingerprint density at radius 2 is 2.09 bits per heavy atom. The second kappa shape index (κ2) is 9.38. The SMILES string of the molecule is CCn1c(CCCC(=O)N[C@H]2CCC[C@H](n3cnc4c(N)ncnc43)[C@H]2O)nc2ccccc21. The summed E-state index contributed by atoms with van der Waals surface area (Å²) in [6.07, 6.45) is 6.51. The zero-order valence-electron chi connectivity index (χ0n) is 19.3. The van der Waals surface area contributed by atoms with Crippen LogP contribution in [-0.4, -0.2) is 52.2 Å². The second-order valence-corrected chi connectivity index (χ2v) is 8.86. The molecule has 0 spiro atoms. The lowest BCUT2D eigenvalue weighted by atomic mass is 9.87. The molecule has 1 aliphatic carbocycles. The number of anilines is 1. The Hall–Kier alpha value is -3.53. The molecule has 0 aliphatic heterocycles. The van der Waals surface area contributed by atoms with E-state index in [1.807, 2.05) is 22.8 Å². The largest absolute Gasteiger partial charge is 0.389 e. The molecule has 4 N–H and O–H groups in total. The molecule has 10 nitrogen and oxygen atoms in total. The summed E-state index contributed by atoms with van der Waals surface area (Å²) in [6.45, 7) is 2.95. The van der Waals surface area contributed by atoms with Gasteiger partial charge in [0.25, 0.3) is 0 Å². The van der Waals surface area contributed by atoms with Crippen LogP contribution in [0.15, 0.2) is 36.9 Å². The van der Waals surface area contributed by atoms with Crippen molar-refractivity contribution in [2.75, 3.05) is 5.73 Å². The van der Waals surface area contributed by atoms with Crippen LogP contribution in [0.3, 0.4) is 0 Å². The van der Waals surface area contributed by atoms with Gasteiger partial charge in [0.2, 0.25) is 5.91 Å². The van der Waals surface area contributed by atoms with E-state index in [0.717, 1.165) is 49.1 Å². The van der Waals surface area contributed by atoms with E-state index >= 15 is 0 Å². The number of nitrogen functional groups attached to an aromatic ring is 1. The van der Waals surface area contributed by atoms with Crippen molar-refractivity contribution < 1.29 is 9.90 Å². The molecule has 10 heteroatoms. The zero-order valence-corrected chi connectivity index (χ0v) is 19.3. The molecule has 1 aromatic carbocycles. The Morgan fingerprint density at radius 1 is 1.24 bits per heavy atom. The number of para-hydroxylation sites is 2. The summed E-state index contributed by atoms with van der Waals surface area (Å²) in [5, 5.41) is 14.1. The summed E-state index contributed by atoms with van der Waals surface area (Å²) in [5.41, 5.74) is 9.14. The first-order chi connectivity index (χ1) is 16.6. The van der Waals surface area contributed by atoms with Gasteiger partial charge < -0.3 is 25.3 Å². The van der Waals surface area contributed by atoms with Crippen LogP contribution in [0.5, 0.6) is 0 Å². The van der Waals surface area contributed by atoms with Crippen molar-refractivity contribution in [1.29, 1.82) is 0 Å². The molecular weight excluding hydrogens is 432 g/mol. The number of fused-ring (bicyclic) bond motifs is 2. The third kappa shape index (κ3) is 4.09. The van der Waals surface area contributed by atoms with Crippen molar-refractivity contribution in [3.63, 3.8) is 0 Å². The third-order valence-corrected chi connectivity index (χ3v) is 6.77. The lowest BCUT2D eigenvalue weighted by molar-refractivity contribution is -0.123. The molecule has 3 heterocycles. The van der Waals surface area contributed by atoms with E-state index in [1.54, 1.807) is 6.33 Å². The minimum atomic E-state index is -0.740. The van der Waals surface area contributed by atoms with E-state index in [2.05, 4.69) is 37.8 Å². The summed E-state index contributed by atoms with van der Waals surface area (Å²) >= 11 is 0. The average Bonchev–Trinajstić information content (AvgIpc) is 3.42. The quantitative estimate of drug-likeness (QED) is 0.383. The predicted molar refractivity (Wildman–Crippen MR) is 129 cm³/mol. The fourth-order valence-electron chi connectivity index (χ4n) is 5.09. The van der Waals surface area contributed by atoms with E-state index in [-0.39, 0.29) is 18.0 Å². The molecule has 3 atom stereocenters. The summed E-state index contributed by atoms with van der Waals surface area (Å²) < 4.78 is 4.06.